The molecule has 0 amide bonds. The summed E-state index contributed by atoms with van der Waals surface area (Å²) in [6.45, 7) is 0.528. The molecule has 0 saturated carbocycles. The highest BCUT2D eigenvalue weighted by Crippen LogP contribution is 2.02. The van der Waals surface area contributed by atoms with Crippen molar-refractivity contribution in [3.63, 3.8) is 0 Å². The predicted octanol–water partition coefficient (Wildman–Crippen LogP) is 0.999. The maximum atomic E-state index is 10.7. The molecule has 2 atom stereocenters. The van der Waals surface area contributed by atoms with E-state index in [1.807, 2.05) is 0 Å². The molecule has 0 aromatic heterocycles. The molecular weight excluding hydrogens is 206 g/mol. The molecule has 0 aliphatic carbocycles. The summed E-state index contributed by atoms with van der Waals surface area (Å²) in [5.41, 5.74) is 0. The Bertz CT molecular complexity index is 202. The first-order valence-electron chi connectivity index (χ1n) is 4.18. The lowest BCUT2D eigenvalue weighted by molar-refractivity contribution is 0.157. The van der Waals surface area contributed by atoms with Crippen molar-refractivity contribution in [2.75, 3.05) is 18.6 Å². The van der Waals surface area contributed by atoms with E-state index in [9.17, 15) is 9.32 Å². The Balaban J connectivity index is 3.34. The highest BCUT2D eigenvalue weighted by molar-refractivity contribution is 7.84. The summed E-state index contributed by atoms with van der Waals surface area (Å²) in [4.78, 5) is 3.70. The number of aliphatic hydroxyl groups is 1. The highest BCUT2D eigenvalue weighted by Gasteiger charge is 2.03. The Morgan fingerprint density at radius 2 is 2.31 bits per heavy atom. The van der Waals surface area contributed by atoms with Gasteiger partial charge in [-0.05, 0) is 31.5 Å². The van der Waals surface area contributed by atoms with Gasteiger partial charge in [0, 0.05) is 22.8 Å². The maximum Gasteiger partial charge on any atom is 0.0584 e. The lowest BCUT2D eigenvalue weighted by Gasteiger charge is -2.06. The minimum absolute atomic E-state index is 0.351. The van der Waals surface area contributed by atoms with Crippen LogP contribution in [0.3, 0.4) is 0 Å². The molecule has 0 aromatic carbocycles. The molecule has 0 heterocycles. The lowest BCUT2D eigenvalue weighted by atomic mass is 10.1. The third kappa shape index (κ3) is 9.83. The standard InChI is InChI=1S/C8H15NO2S2/c1-13(11)6-2-3-8(10)4-5-9-7-12/h8,10H,2-6H2,1H3. The van der Waals surface area contributed by atoms with Crippen LogP contribution < -0.4 is 0 Å². The van der Waals surface area contributed by atoms with Gasteiger partial charge in [0.1, 0.15) is 0 Å². The molecule has 0 fully saturated rings. The van der Waals surface area contributed by atoms with Crippen molar-refractivity contribution in [1.29, 1.82) is 0 Å². The van der Waals surface area contributed by atoms with Gasteiger partial charge in [-0.2, -0.15) is 0 Å². The van der Waals surface area contributed by atoms with Crippen molar-refractivity contribution in [3.05, 3.63) is 0 Å². The van der Waals surface area contributed by atoms with E-state index in [0.717, 1.165) is 6.42 Å². The van der Waals surface area contributed by atoms with E-state index < -0.39 is 10.8 Å². The van der Waals surface area contributed by atoms with Gasteiger partial charge in [0.15, 0.2) is 0 Å². The van der Waals surface area contributed by atoms with Gasteiger partial charge in [-0.1, -0.05) is 0 Å². The molecule has 13 heavy (non-hydrogen) atoms. The number of isothiocyanates is 1. The van der Waals surface area contributed by atoms with Crippen LogP contribution in [0.1, 0.15) is 19.3 Å². The van der Waals surface area contributed by atoms with Crippen molar-refractivity contribution >= 4 is 28.2 Å². The number of hydrogen-bond donors (Lipinski definition) is 1. The molecule has 0 spiro atoms. The second-order valence-corrected chi connectivity index (χ2v) is 4.57. The number of aliphatic imine (C=N–C) groups is 1. The molecule has 0 aliphatic heterocycles. The van der Waals surface area contributed by atoms with E-state index in [2.05, 4.69) is 22.4 Å². The first kappa shape index (κ1) is 12.9. The molecule has 0 saturated heterocycles. The average molecular weight is 221 g/mol. The Labute approximate surface area is 86.7 Å². The number of thiocarbonyl (C=S) groups is 1. The van der Waals surface area contributed by atoms with Crippen LogP contribution in [0.4, 0.5) is 0 Å². The molecule has 0 bridgehead atoms. The summed E-state index contributed by atoms with van der Waals surface area (Å²) < 4.78 is 10.7. The second kappa shape index (κ2) is 8.51. The van der Waals surface area contributed by atoms with Crippen LogP contribution in [0, 0.1) is 0 Å². The third-order valence-corrected chi connectivity index (χ3v) is 2.60. The zero-order valence-electron chi connectivity index (χ0n) is 7.73. The first-order chi connectivity index (χ1) is 6.16. The van der Waals surface area contributed by atoms with Crippen LogP contribution in [0.5, 0.6) is 0 Å². The van der Waals surface area contributed by atoms with Gasteiger partial charge in [0.2, 0.25) is 0 Å². The van der Waals surface area contributed by atoms with Gasteiger partial charge in [0.05, 0.1) is 17.8 Å². The summed E-state index contributed by atoms with van der Waals surface area (Å²) in [5.74, 6) is 0.660. The fourth-order valence-electron chi connectivity index (χ4n) is 0.926. The van der Waals surface area contributed by atoms with E-state index in [4.69, 9.17) is 0 Å². The van der Waals surface area contributed by atoms with Crippen LogP contribution in [0.2, 0.25) is 0 Å². The van der Waals surface area contributed by atoms with E-state index in [0.29, 0.717) is 25.1 Å². The zero-order chi connectivity index (χ0) is 10.1. The third-order valence-electron chi connectivity index (χ3n) is 1.61. The largest absolute Gasteiger partial charge is 0.393 e. The van der Waals surface area contributed by atoms with Crippen molar-refractivity contribution < 1.29 is 9.32 Å². The van der Waals surface area contributed by atoms with Gasteiger partial charge < -0.3 is 5.11 Å². The van der Waals surface area contributed by atoms with Crippen molar-refractivity contribution in [3.8, 4) is 0 Å². The number of nitrogens with zero attached hydrogens (tertiary/aromatic N) is 1. The average Bonchev–Trinajstić information content (AvgIpc) is 2.04. The lowest BCUT2D eigenvalue weighted by Crippen LogP contribution is -2.09. The molecular formula is C8H15NO2S2. The number of rotatable bonds is 7. The topological polar surface area (TPSA) is 49.7 Å². The maximum absolute atomic E-state index is 10.7. The van der Waals surface area contributed by atoms with Gasteiger partial charge in [-0.3, -0.25) is 4.21 Å². The minimum Gasteiger partial charge on any atom is -0.393 e. The van der Waals surface area contributed by atoms with Crippen LogP contribution in [-0.4, -0.2) is 39.1 Å². The molecule has 0 aliphatic rings. The van der Waals surface area contributed by atoms with E-state index >= 15 is 0 Å². The van der Waals surface area contributed by atoms with Crippen molar-refractivity contribution in [2.45, 2.75) is 25.4 Å². The fraction of sp³-hybridized carbons (Fsp3) is 0.875. The number of hydrogen-bond acceptors (Lipinski definition) is 4. The molecule has 76 valence electrons. The van der Waals surface area contributed by atoms with E-state index in [1.54, 1.807) is 6.26 Å². The SMILES string of the molecule is CS(=O)CCCC(O)CCN=C=S. The minimum atomic E-state index is -0.753. The Hall–Kier alpha value is -0.0900. The molecule has 0 aromatic rings. The van der Waals surface area contributed by atoms with E-state index in [-0.39, 0.29) is 6.10 Å². The van der Waals surface area contributed by atoms with Crippen LogP contribution in [0.15, 0.2) is 4.99 Å². The smallest absolute Gasteiger partial charge is 0.0584 e. The molecule has 2 unspecified atom stereocenters. The Morgan fingerprint density at radius 3 is 2.85 bits per heavy atom. The first-order valence-corrected chi connectivity index (χ1v) is 6.32. The van der Waals surface area contributed by atoms with E-state index in [1.165, 1.54) is 0 Å². The Morgan fingerprint density at radius 1 is 1.62 bits per heavy atom. The highest BCUT2D eigenvalue weighted by atomic mass is 32.2. The molecule has 1 N–H and O–H groups in total. The quantitative estimate of drug-likeness (QED) is 0.515. The second-order valence-electron chi connectivity index (χ2n) is 2.84. The van der Waals surface area contributed by atoms with Crippen LogP contribution in [0.25, 0.3) is 0 Å². The summed E-state index contributed by atoms with van der Waals surface area (Å²) in [7, 11) is -0.753. The van der Waals surface area contributed by atoms with Gasteiger partial charge in [-0.25, -0.2) is 4.99 Å². The molecule has 5 heteroatoms. The predicted molar refractivity (Wildman–Crippen MR) is 58.7 cm³/mol. The summed E-state index contributed by atoms with van der Waals surface area (Å²) in [6.07, 6.45) is 3.41. The van der Waals surface area contributed by atoms with Crippen LogP contribution >= 0.6 is 12.2 Å². The van der Waals surface area contributed by atoms with Crippen molar-refractivity contribution in [1.82, 2.24) is 0 Å². The summed E-state index contributed by atoms with van der Waals surface area (Å²) in [6, 6.07) is 0. The van der Waals surface area contributed by atoms with Crippen molar-refractivity contribution in [2.24, 2.45) is 4.99 Å². The van der Waals surface area contributed by atoms with Gasteiger partial charge in [0.25, 0.3) is 0 Å². The monoisotopic (exact) mass is 221 g/mol. The summed E-state index contributed by atoms with van der Waals surface area (Å²) >= 11 is 4.39. The number of aliphatic hydroxyl groups excluding tert-OH is 1. The van der Waals surface area contributed by atoms with Gasteiger partial charge in [-0.15, -0.1) is 0 Å². The zero-order valence-corrected chi connectivity index (χ0v) is 9.37. The Kier molecular flexibility index (Phi) is 8.45. The molecule has 0 rings (SSSR count). The van der Waals surface area contributed by atoms with Crippen LogP contribution in [-0.2, 0) is 10.8 Å². The normalized spacial score (nSPS) is 14.6. The fourth-order valence-corrected chi connectivity index (χ4v) is 1.59. The molecule has 0 radical (unpaired) electrons. The molecule has 3 nitrogen and oxygen atoms in total. The van der Waals surface area contributed by atoms with Gasteiger partial charge >= 0.3 is 0 Å². The summed E-state index contributed by atoms with van der Waals surface area (Å²) in [5, 5.41) is 11.6.